The molecule has 7 nitrogen and oxygen atoms in total. The fourth-order valence-corrected chi connectivity index (χ4v) is 3.71. The van der Waals surface area contributed by atoms with Gasteiger partial charge in [0.2, 0.25) is 0 Å². The molecule has 1 saturated heterocycles. The van der Waals surface area contributed by atoms with Crippen LogP contribution >= 0.6 is 0 Å². The van der Waals surface area contributed by atoms with Crippen molar-refractivity contribution < 1.29 is 9.47 Å². The number of pyridine rings is 1. The predicted octanol–water partition coefficient (Wildman–Crippen LogP) is 3.14. The third-order valence-electron chi connectivity index (χ3n) is 5.13. The Kier molecular flexibility index (Phi) is 6.36. The number of rotatable bonds is 8. The van der Waals surface area contributed by atoms with Crippen LogP contribution in [-0.4, -0.2) is 51.8 Å². The largest absolute Gasteiger partial charge is 0.491 e. The van der Waals surface area contributed by atoms with E-state index in [1.807, 2.05) is 49.0 Å². The molecule has 0 unspecified atom stereocenters. The van der Waals surface area contributed by atoms with Gasteiger partial charge >= 0.3 is 0 Å². The molecule has 0 aromatic carbocycles. The zero-order valence-electron chi connectivity index (χ0n) is 17.2. The first-order valence-corrected chi connectivity index (χ1v) is 10.4. The SMILES string of the molecule is CC(C)OCCOc1ccn2c(-c3cncc(C[C@@H]4CCCNC4)n3)cnc2c1. The van der Waals surface area contributed by atoms with Gasteiger partial charge in [-0.2, -0.15) is 0 Å². The van der Waals surface area contributed by atoms with Gasteiger partial charge in [0.15, 0.2) is 0 Å². The van der Waals surface area contributed by atoms with E-state index in [0.29, 0.717) is 19.1 Å². The highest BCUT2D eigenvalue weighted by Crippen LogP contribution is 2.23. The van der Waals surface area contributed by atoms with Crippen molar-refractivity contribution in [2.75, 3.05) is 26.3 Å². The molecule has 29 heavy (non-hydrogen) atoms. The molecule has 3 aromatic heterocycles. The van der Waals surface area contributed by atoms with Crippen LogP contribution in [0.3, 0.4) is 0 Å². The molecule has 4 heterocycles. The molecule has 0 amide bonds. The van der Waals surface area contributed by atoms with Gasteiger partial charge in [-0.15, -0.1) is 0 Å². The quantitative estimate of drug-likeness (QED) is 0.591. The summed E-state index contributed by atoms with van der Waals surface area (Å²) < 4.78 is 13.3. The monoisotopic (exact) mass is 395 g/mol. The lowest BCUT2D eigenvalue weighted by Gasteiger charge is -2.22. The zero-order valence-corrected chi connectivity index (χ0v) is 17.2. The first-order chi connectivity index (χ1) is 14.2. The van der Waals surface area contributed by atoms with Crippen LogP contribution in [-0.2, 0) is 11.2 Å². The summed E-state index contributed by atoms with van der Waals surface area (Å²) in [6.07, 6.45) is 11.2. The number of hydrogen-bond acceptors (Lipinski definition) is 6. The lowest BCUT2D eigenvalue weighted by molar-refractivity contribution is 0.0553. The second-order valence-corrected chi connectivity index (χ2v) is 7.81. The van der Waals surface area contributed by atoms with Crippen LogP contribution in [0.15, 0.2) is 36.9 Å². The van der Waals surface area contributed by atoms with Gasteiger partial charge in [0.1, 0.15) is 23.7 Å². The Morgan fingerprint density at radius 2 is 2.17 bits per heavy atom. The van der Waals surface area contributed by atoms with E-state index in [-0.39, 0.29) is 6.10 Å². The van der Waals surface area contributed by atoms with E-state index >= 15 is 0 Å². The highest BCUT2D eigenvalue weighted by molar-refractivity contribution is 5.60. The normalized spacial score (nSPS) is 17.1. The molecule has 1 aliphatic heterocycles. The Balaban J connectivity index is 1.47. The van der Waals surface area contributed by atoms with Crippen LogP contribution in [0.25, 0.3) is 17.0 Å². The van der Waals surface area contributed by atoms with Crippen molar-refractivity contribution in [3.63, 3.8) is 0 Å². The summed E-state index contributed by atoms with van der Waals surface area (Å²) in [4.78, 5) is 13.8. The van der Waals surface area contributed by atoms with Crippen molar-refractivity contribution in [2.45, 2.75) is 39.2 Å². The highest BCUT2D eigenvalue weighted by Gasteiger charge is 2.15. The average molecular weight is 396 g/mol. The van der Waals surface area contributed by atoms with Gasteiger partial charge in [-0.1, -0.05) is 0 Å². The second-order valence-electron chi connectivity index (χ2n) is 7.81. The van der Waals surface area contributed by atoms with Crippen LogP contribution in [0.5, 0.6) is 5.75 Å². The van der Waals surface area contributed by atoms with E-state index in [2.05, 4.69) is 15.3 Å². The Labute approximate surface area is 171 Å². The Hall–Kier alpha value is -2.51. The summed E-state index contributed by atoms with van der Waals surface area (Å²) in [7, 11) is 0. The van der Waals surface area contributed by atoms with E-state index in [0.717, 1.165) is 48.0 Å². The van der Waals surface area contributed by atoms with Crippen LogP contribution in [0.4, 0.5) is 0 Å². The van der Waals surface area contributed by atoms with Crippen LogP contribution in [0.2, 0.25) is 0 Å². The van der Waals surface area contributed by atoms with Gasteiger partial charge in [0, 0.05) is 18.5 Å². The first kappa shape index (κ1) is 19.8. The lowest BCUT2D eigenvalue weighted by Crippen LogP contribution is -2.31. The van der Waals surface area contributed by atoms with Crippen molar-refractivity contribution in [3.8, 4) is 17.1 Å². The molecule has 0 aliphatic carbocycles. The molecule has 154 valence electrons. The summed E-state index contributed by atoms with van der Waals surface area (Å²) in [5, 5.41) is 3.47. The summed E-state index contributed by atoms with van der Waals surface area (Å²) in [6.45, 7) is 7.31. The number of aromatic nitrogens is 4. The van der Waals surface area contributed by atoms with Crippen molar-refractivity contribution in [1.82, 2.24) is 24.7 Å². The summed E-state index contributed by atoms with van der Waals surface area (Å²) in [5.74, 6) is 1.42. The minimum Gasteiger partial charge on any atom is -0.491 e. The van der Waals surface area contributed by atoms with E-state index in [9.17, 15) is 0 Å². The molecule has 0 radical (unpaired) electrons. The summed E-state index contributed by atoms with van der Waals surface area (Å²) >= 11 is 0. The van der Waals surface area contributed by atoms with Crippen molar-refractivity contribution in [1.29, 1.82) is 0 Å². The maximum Gasteiger partial charge on any atom is 0.140 e. The van der Waals surface area contributed by atoms with Gasteiger partial charge in [0.25, 0.3) is 0 Å². The van der Waals surface area contributed by atoms with Gasteiger partial charge in [-0.25, -0.2) is 9.97 Å². The number of nitrogens with zero attached hydrogens (tertiary/aromatic N) is 4. The predicted molar refractivity (Wildman–Crippen MR) is 112 cm³/mol. The van der Waals surface area contributed by atoms with Gasteiger partial charge in [-0.3, -0.25) is 9.38 Å². The van der Waals surface area contributed by atoms with E-state index < -0.39 is 0 Å². The van der Waals surface area contributed by atoms with Gasteiger partial charge < -0.3 is 14.8 Å². The van der Waals surface area contributed by atoms with E-state index in [4.69, 9.17) is 14.5 Å². The second kappa shape index (κ2) is 9.33. The molecule has 4 rings (SSSR count). The molecule has 0 saturated carbocycles. The molecular formula is C22H29N5O2. The maximum atomic E-state index is 5.77. The topological polar surface area (TPSA) is 73.6 Å². The molecule has 0 bridgehead atoms. The number of ether oxygens (including phenoxy) is 2. The standard InChI is InChI=1S/C22H29N5O2/c1-16(2)28-8-9-29-19-5-7-27-21(15-25-22(27)11-19)20-14-24-13-18(26-20)10-17-4-3-6-23-12-17/h5,7,11,13-17,23H,3-4,6,8-10,12H2,1-2H3/t17-/m0/s1. The van der Waals surface area contributed by atoms with E-state index in [1.54, 1.807) is 6.20 Å². The molecule has 3 aromatic rings. The molecule has 1 fully saturated rings. The molecule has 0 spiro atoms. The smallest absolute Gasteiger partial charge is 0.140 e. The Morgan fingerprint density at radius 1 is 1.24 bits per heavy atom. The number of fused-ring (bicyclic) bond motifs is 1. The number of nitrogens with one attached hydrogen (secondary N) is 1. The molecular weight excluding hydrogens is 366 g/mol. The average Bonchev–Trinajstić information content (AvgIpc) is 3.15. The first-order valence-electron chi connectivity index (χ1n) is 10.4. The third-order valence-corrected chi connectivity index (χ3v) is 5.13. The van der Waals surface area contributed by atoms with Crippen LogP contribution in [0, 0.1) is 5.92 Å². The molecule has 1 aliphatic rings. The third kappa shape index (κ3) is 5.10. The number of hydrogen-bond donors (Lipinski definition) is 1. The molecule has 7 heteroatoms. The zero-order chi connectivity index (χ0) is 20.1. The minimum absolute atomic E-state index is 0.210. The van der Waals surface area contributed by atoms with Crippen molar-refractivity contribution in [3.05, 3.63) is 42.6 Å². The Bertz CT molecular complexity index is 934. The number of piperidine rings is 1. The van der Waals surface area contributed by atoms with Crippen molar-refractivity contribution >= 4 is 5.65 Å². The number of imidazole rings is 1. The van der Waals surface area contributed by atoms with Crippen molar-refractivity contribution in [2.24, 2.45) is 5.92 Å². The fraction of sp³-hybridized carbons (Fsp3) is 0.500. The van der Waals surface area contributed by atoms with Crippen LogP contribution < -0.4 is 10.1 Å². The van der Waals surface area contributed by atoms with E-state index in [1.165, 1.54) is 12.8 Å². The summed E-state index contributed by atoms with van der Waals surface area (Å²) in [5.41, 5.74) is 3.64. The lowest BCUT2D eigenvalue weighted by atomic mass is 9.95. The molecule has 1 N–H and O–H groups in total. The summed E-state index contributed by atoms with van der Waals surface area (Å²) in [6, 6.07) is 3.88. The Morgan fingerprint density at radius 3 is 3.00 bits per heavy atom. The fourth-order valence-electron chi connectivity index (χ4n) is 3.71. The highest BCUT2D eigenvalue weighted by atomic mass is 16.5. The molecule has 1 atom stereocenters. The van der Waals surface area contributed by atoms with Gasteiger partial charge in [-0.05, 0) is 58.2 Å². The van der Waals surface area contributed by atoms with Gasteiger partial charge in [0.05, 0.1) is 36.5 Å². The maximum absolute atomic E-state index is 5.77. The minimum atomic E-state index is 0.210. The van der Waals surface area contributed by atoms with Crippen LogP contribution in [0.1, 0.15) is 32.4 Å².